The first kappa shape index (κ1) is 16.3. The lowest BCUT2D eigenvalue weighted by atomic mass is 9.96. The molecule has 21 heavy (non-hydrogen) atoms. The molecule has 1 heterocycles. The van der Waals surface area contributed by atoms with Crippen LogP contribution in [-0.2, 0) is 6.42 Å². The number of thiazole rings is 1. The predicted molar refractivity (Wildman–Crippen MR) is 91.3 cm³/mol. The Labute approximate surface area is 132 Å². The number of hydrogen-bond donors (Lipinski definition) is 2. The third-order valence-electron chi connectivity index (χ3n) is 3.91. The van der Waals surface area contributed by atoms with Gasteiger partial charge in [-0.3, -0.25) is 4.99 Å². The molecule has 1 aliphatic carbocycles. The molecule has 1 fully saturated rings. The molecule has 0 bridgehead atoms. The SMILES string of the molecule is CN=C(NCCc1csc(C(C)C)n1)NC1CCCCC1. The number of hydrogen-bond acceptors (Lipinski definition) is 3. The number of rotatable bonds is 5. The number of aliphatic imine (C=N–C) groups is 1. The van der Waals surface area contributed by atoms with Crippen molar-refractivity contribution < 1.29 is 0 Å². The third-order valence-corrected chi connectivity index (χ3v) is 5.10. The second kappa shape index (κ2) is 8.37. The summed E-state index contributed by atoms with van der Waals surface area (Å²) in [5.74, 6) is 1.46. The van der Waals surface area contributed by atoms with E-state index < -0.39 is 0 Å². The highest BCUT2D eigenvalue weighted by Crippen LogP contribution is 2.19. The predicted octanol–water partition coefficient (Wildman–Crippen LogP) is 3.31. The van der Waals surface area contributed by atoms with E-state index in [-0.39, 0.29) is 0 Å². The van der Waals surface area contributed by atoms with Crippen LogP contribution in [0.25, 0.3) is 0 Å². The molecular weight excluding hydrogens is 280 g/mol. The van der Waals surface area contributed by atoms with Crippen LogP contribution in [0.3, 0.4) is 0 Å². The lowest BCUT2D eigenvalue weighted by molar-refractivity contribution is 0.410. The van der Waals surface area contributed by atoms with E-state index in [2.05, 4.69) is 39.8 Å². The molecule has 0 aliphatic heterocycles. The fraction of sp³-hybridized carbons (Fsp3) is 0.750. The van der Waals surface area contributed by atoms with Crippen LogP contribution in [0.15, 0.2) is 10.4 Å². The lowest BCUT2D eigenvalue weighted by Gasteiger charge is -2.24. The van der Waals surface area contributed by atoms with Gasteiger partial charge in [-0.2, -0.15) is 0 Å². The maximum Gasteiger partial charge on any atom is 0.191 e. The molecule has 1 aliphatic rings. The monoisotopic (exact) mass is 308 g/mol. The summed E-state index contributed by atoms with van der Waals surface area (Å²) < 4.78 is 0. The van der Waals surface area contributed by atoms with Crippen LogP contribution in [0, 0.1) is 0 Å². The van der Waals surface area contributed by atoms with Crippen molar-refractivity contribution in [1.82, 2.24) is 15.6 Å². The molecule has 0 amide bonds. The van der Waals surface area contributed by atoms with Crippen molar-refractivity contribution >= 4 is 17.3 Å². The average molecular weight is 308 g/mol. The van der Waals surface area contributed by atoms with E-state index in [1.165, 1.54) is 42.8 Å². The van der Waals surface area contributed by atoms with E-state index in [9.17, 15) is 0 Å². The molecule has 0 saturated heterocycles. The maximum atomic E-state index is 4.67. The minimum Gasteiger partial charge on any atom is -0.356 e. The minimum atomic E-state index is 0.525. The maximum absolute atomic E-state index is 4.67. The van der Waals surface area contributed by atoms with Gasteiger partial charge in [0.05, 0.1) is 10.7 Å². The van der Waals surface area contributed by atoms with Crippen LogP contribution in [0.1, 0.15) is 62.6 Å². The van der Waals surface area contributed by atoms with Crippen molar-refractivity contribution in [1.29, 1.82) is 0 Å². The number of nitrogens with one attached hydrogen (secondary N) is 2. The Morgan fingerprint density at radius 2 is 2.14 bits per heavy atom. The quantitative estimate of drug-likeness (QED) is 0.648. The van der Waals surface area contributed by atoms with Crippen LogP contribution in [0.5, 0.6) is 0 Å². The summed E-state index contributed by atoms with van der Waals surface area (Å²) in [4.78, 5) is 8.99. The molecule has 0 aromatic carbocycles. The van der Waals surface area contributed by atoms with E-state index in [1.807, 2.05) is 7.05 Å². The van der Waals surface area contributed by atoms with Crippen LogP contribution < -0.4 is 10.6 Å². The molecule has 2 N–H and O–H groups in total. The van der Waals surface area contributed by atoms with Crippen molar-refractivity contribution in [2.75, 3.05) is 13.6 Å². The molecule has 2 rings (SSSR count). The number of nitrogens with zero attached hydrogens (tertiary/aromatic N) is 2. The van der Waals surface area contributed by atoms with Crippen molar-refractivity contribution in [3.8, 4) is 0 Å². The van der Waals surface area contributed by atoms with Gasteiger partial charge in [-0.05, 0) is 12.8 Å². The van der Waals surface area contributed by atoms with Gasteiger partial charge < -0.3 is 10.6 Å². The topological polar surface area (TPSA) is 49.3 Å². The molecule has 1 aromatic rings. The van der Waals surface area contributed by atoms with Gasteiger partial charge in [0, 0.05) is 37.4 Å². The molecule has 0 atom stereocenters. The highest BCUT2D eigenvalue weighted by Gasteiger charge is 2.14. The van der Waals surface area contributed by atoms with Crippen molar-refractivity contribution in [2.24, 2.45) is 4.99 Å². The van der Waals surface area contributed by atoms with Crippen molar-refractivity contribution in [3.63, 3.8) is 0 Å². The van der Waals surface area contributed by atoms with E-state index >= 15 is 0 Å². The van der Waals surface area contributed by atoms with Crippen LogP contribution in [-0.4, -0.2) is 30.6 Å². The van der Waals surface area contributed by atoms with E-state index in [0.717, 1.165) is 18.9 Å². The molecule has 5 heteroatoms. The van der Waals surface area contributed by atoms with Crippen molar-refractivity contribution in [3.05, 3.63) is 16.1 Å². The summed E-state index contributed by atoms with van der Waals surface area (Å²) in [7, 11) is 1.85. The highest BCUT2D eigenvalue weighted by atomic mass is 32.1. The van der Waals surface area contributed by atoms with Crippen LogP contribution >= 0.6 is 11.3 Å². The highest BCUT2D eigenvalue weighted by molar-refractivity contribution is 7.09. The minimum absolute atomic E-state index is 0.525. The Bertz CT molecular complexity index is 447. The summed E-state index contributed by atoms with van der Waals surface area (Å²) in [6, 6.07) is 0.594. The molecule has 0 radical (unpaired) electrons. The number of guanidine groups is 1. The molecule has 1 aromatic heterocycles. The Kier molecular flexibility index (Phi) is 6.49. The zero-order chi connectivity index (χ0) is 15.1. The van der Waals surface area contributed by atoms with E-state index in [1.54, 1.807) is 11.3 Å². The fourth-order valence-corrected chi connectivity index (χ4v) is 3.52. The second-order valence-corrected chi connectivity index (χ2v) is 6.95. The van der Waals surface area contributed by atoms with Gasteiger partial charge in [-0.1, -0.05) is 33.1 Å². The summed E-state index contributed by atoms with van der Waals surface area (Å²) in [6.45, 7) is 5.27. The molecule has 1 saturated carbocycles. The molecular formula is C16H28N4S. The summed E-state index contributed by atoms with van der Waals surface area (Å²) in [6.07, 6.45) is 7.55. The molecule has 0 spiro atoms. The van der Waals surface area contributed by atoms with Crippen molar-refractivity contribution in [2.45, 2.75) is 64.3 Å². The summed E-state index contributed by atoms with van der Waals surface area (Å²) in [5, 5.41) is 10.3. The largest absolute Gasteiger partial charge is 0.356 e. The Morgan fingerprint density at radius 3 is 2.76 bits per heavy atom. The number of aromatic nitrogens is 1. The van der Waals surface area contributed by atoms with Gasteiger partial charge in [0.25, 0.3) is 0 Å². The third kappa shape index (κ3) is 5.30. The van der Waals surface area contributed by atoms with Gasteiger partial charge in [0.1, 0.15) is 0 Å². The normalized spacial score (nSPS) is 17.2. The first-order valence-electron chi connectivity index (χ1n) is 8.10. The Morgan fingerprint density at radius 1 is 1.38 bits per heavy atom. The lowest BCUT2D eigenvalue weighted by Crippen LogP contribution is -2.44. The van der Waals surface area contributed by atoms with Crippen LogP contribution in [0.2, 0.25) is 0 Å². The zero-order valence-electron chi connectivity index (χ0n) is 13.5. The van der Waals surface area contributed by atoms with Crippen LogP contribution in [0.4, 0.5) is 0 Å². The summed E-state index contributed by atoms with van der Waals surface area (Å²) in [5.41, 5.74) is 1.18. The first-order valence-corrected chi connectivity index (χ1v) is 8.98. The molecule has 118 valence electrons. The Balaban J connectivity index is 1.72. The second-order valence-electron chi connectivity index (χ2n) is 6.06. The molecule has 4 nitrogen and oxygen atoms in total. The fourth-order valence-electron chi connectivity index (χ4n) is 2.65. The van der Waals surface area contributed by atoms with E-state index in [4.69, 9.17) is 0 Å². The van der Waals surface area contributed by atoms with Gasteiger partial charge in [0.2, 0.25) is 0 Å². The van der Waals surface area contributed by atoms with Gasteiger partial charge in [-0.25, -0.2) is 4.98 Å². The standard InChI is InChI=1S/C16H28N4S/c1-12(2)15-19-14(11-21-15)9-10-18-16(17-3)20-13-7-5-4-6-8-13/h11-13H,4-10H2,1-3H3,(H2,17,18,20). The summed E-state index contributed by atoms with van der Waals surface area (Å²) >= 11 is 1.77. The first-order chi connectivity index (χ1) is 10.2. The van der Waals surface area contributed by atoms with Gasteiger partial charge >= 0.3 is 0 Å². The van der Waals surface area contributed by atoms with Gasteiger partial charge in [-0.15, -0.1) is 11.3 Å². The Hall–Kier alpha value is -1.10. The smallest absolute Gasteiger partial charge is 0.191 e. The van der Waals surface area contributed by atoms with E-state index in [0.29, 0.717) is 12.0 Å². The average Bonchev–Trinajstić information content (AvgIpc) is 2.96. The van der Waals surface area contributed by atoms with Gasteiger partial charge in [0.15, 0.2) is 5.96 Å². The molecule has 0 unspecified atom stereocenters. The zero-order valence-corrected chi connectivity index (χ0v) is 14.3.